The molecule has 1 rings (SSSR count). The van der Waals surface area contributed by atoms with Gasteiger partial charge in [-0.1, -0.05) is 0 Å². The van der Waals surface area contributed by atoms with Gasteiger partial charge in [0, 0.05) is 31.5 Å². The third-order valence-corrected chi connectivity index (χ3v) is 3.15. The molecule has 0 aromatic carbocycles. The van der Waals surface area contributed by atoms with Crippen LogP contribution >= 0.6 is 11.3 Å². The van der Waals surface area contributed by atoms with Gasteiger partial charge in [0.15, 0.2) is 0 Å². The van der Waals surface area contributed by atoms with Crippen LogP contribution in [0.5, 0.6) is 0 Å². The lowest BCUT2D eigenvalue weighted by Crippen LogP contribution is -2.26. The number of anilines is 1. The maximum atomic E-state index is 11.0. The Morgan fingerprint density at radius 3 is 3.00 bits per heavy atom. The minimum atomic E-state index is -0.0349. The summed E-state index contributed by atoms with van der Waals surface area (Å²) < 4.78 is 5.43. The summed E-state index contributed by atoms with van der Waals surface area (Å²) in [5.41, 5.74) is 0.902. The number of carbonyl (C=O) groups excluding carboxylic acids is 1. The highest BCUT2D eigenvalue weighted by Crippen LogP contribution is 2.21. The largest absolute Gasteiger partial charge is 0.377 e. The Hall–Kier alpha value is -0.910. The fourth-order valence-electron chi connectivity index (χ4n) is 1.51. The van der Waals surface area contributed by atoms with E-state index >= 15 is 0 Å². The van der Waals surface area contributed by atoms with Crippen molar-refractivity contribution < 1.29 is 9.53 Å². The van der Waals surface area contributed by atoms with Gasteiger partial charge >= 0.3 is 0 Å². The molecular weight excluding hydrogens is 236 g/mol. The molecule has 1 aromatic heterocycles. The molecule has 17 heavy (non-hydrogen) atoms. The van der Waals surface area contributed by atoms with Crippen LogP contribution in [0.15, 0.2) is 11.4 Å². The van der Waals surface area contributed by atoms with Crippen LogP contribution in [0.25, 0.3) is 0 Å². The third-order valence-electron chi connectivity index (χ3n) is 2.22. The number of thiophene rings is 1. The van der Waals surface area contributed by atoms with E-state index < -0.39 is 0 Å². The van der Waals surface area contributed by atoms with Crippen LogP contribution in [0.1, 0.15) is 25.6 Å². The predicted molar refractivity (Wildman–Crippen MR) is 71.4 cm³/mol. The summed E-state index contributed by atoms with van der Waals surface area (Å²) in [6.45, 7) is 7.85. The number of ether oxygens (including phenoxy) is 1. The van der Waals surface area contributed by atoms with Gasteiger partial charge in [0.05, 0.1) is 11.8 Å². The standard InChI is InChI=1S/C12H20N2O2S/c1-4-16-9(2)7-13-8-12-11(5-6-17-12)14-10(3)15/h5-6,9,13H,4,7-8H2,1-3H3,(H,14,15). The van der Waals surface area contributed by atoms with E-state index in [0.717, 1.165) is 30.3 Å². The van der Waals surface area contributed by atoms with Gasteiger partial charge in [-0.05, 0) is 25.3 Å². The second-order valence-corrected chi connectivity index (χ2v) is 4.84. The van der Waals surface area contributed by atoms with E-state index in [2.05, 4.69) is 10.6 Å². The number of hydrogen-bond acceptors (Lipinski definition) is 4. The Bertz CT molecular complexity index is 352. The van der Waals surface area contributed by atoms with Crippen LogP contribution in [-0.4, -0.2) is 25.2 Å². The lowest BCUT2D eigenvalue weighted by Gasteiger charge is -2.12. The van der Waals surface area contributed by atoms with Crippen LogP contribution in [0.2, 0.25) is 0 Å². The molecule has 0 spiro atoms. The molecule has 0 radical (unpaired) electrons. The van der Waals surface area contributed by atoms with Crippen molar-refractivity contribution in [2.24, 2.45) is 0 Å². The highest BCUT2D eigenvalue weighted by atomic mass is 32.1. The zero-order valence-corrected chi connectivity index (χ0v) is 11.4. The van der Waals surface area contributed by atoms with E-state index in [1.54, 1.807) is 11.3 Å². The van der Waals surface area contributed by atoms with Crippen molar-refractivity contribution in [3.63, 3.8) is 0 Å². The molecule has 5 heteroatoms. The fraction of sp³-hybridized carbons (Fsp3) is 0.583. The second-order valence-electron chi connectivity index (χ2n) is 3.84. The van der Waals surface area contributed by atoms with Gasteiger partial charge in [0.2, 0.25) is 5.91 Å². The highest BCUT2D eigenvalue weighted by Gasteiger charge is 2.06. The van der Waals surface area contributed by atoms with E-state index in [1.165, 1.54) is 6.92 Å². The Morgan fingerprint density at radius 1 is 1.59 bits per heavy atom. The molecule has 1 heterocycles. The molecule has 0 aliphatic heterocycles. The molecule has 0 saturated carbocycles. The van der Waals surface area contributed by atoms with Crippen LogP contribution in [0.3, 0.4) is 0 Å². The summed E-state index contributed by atoms with van der Waals surface area (Å²) >= 11 is 1.64. The fourth-order valence-corrected chi connectivity index (χ4v) is 2.31. The Labute approximate surface area is 106 Å². The first-order valence-electron chi connectivity index (χ1n) is 5.79. The van der Waals surface area contributed by atoms with Gasteiger partial charge in [-0.3, -0.25) is 4.79 Å². The van der Waals surface area contributed by atoms with E-state index in [9.17, 15) is 4.79 Å². The van der Waals surface area contributed by atoms with Crippen molar-refractivity contribution >= 4 is 22.9 Å². The minimum Gasteiger partial charge on any atom is -0.377 e. The summed E-state index contributed by atoms with van der Waals surface area (Å²) in [6, 6.07) is 1.93. The highest BCUT2D eigenvalue weighted by molar-refractivity contribution is 7.10. The molecular formula is C12H20N2O2S. The molecule has 0 saturated heterocycles. The summed E-state index contributed by atoms with van der Waals surface area (Å²) in [6.07, 6.45) is 0.212. The molecule has 2 N–H and O–H groups in total. The maximum absolute atomic E-state index is 11.0. The molecule has 1 aromatic rings. The molecule has 0 fully saturated rings. The number of hydrogen-bond donors (Lipinski definition) is 2. The average Bonchev–Trinajstić information content (AvgIpc) is 2.65. The molecule has 4 nitrogen and oxygen atoms in total. The Balaban J connectivity index is 2.36. The lowest BCUT2D eigenvalue weighted by atomic mass is 10.3. The van der Waals surface area contributed by atoms with E-state index in [0.29, 0.717) is 0 Å². The van der Waals surface area contributed by atoms with Crippen LogP contribution in [0.4, 0.5) is 5.69 Å². The van der Waals surface area contributed by atoms with Gasteiger partial charge in [-0.15, -0.1) is 11.3 Å². The minimum absolute atomic E-state index is 0.0349. The summed E-state index contributed by atoms with van der Waals surface area (Å²) in [5, 5.41) is 8.12. The quantitative estimate of drug-likeness (QED) is 0.786. The van der Waals surface area contributed by atoms with Crippen molar-refractivity contribution in [2.75, 3.05) is 18.5 Å². The lowest BCUT2D eigenvalue weighted by molar-refractivity contribution is -0.114. The van der Waals surface area contributed by atoms with Gasteiger partial charge in [-0.2, -0.15) is 0 Å². The van der Waals surface area contributed by atoms with Crippen molar-refractivity contribution in [3.05, 3.63) is 16.3 Å². The van der Waals surface area contributed by atoms with Crippen molar-refractivity contribution in [3.8, 4) is 0 Å². The zero-order chi connectivity index (χ0) is 12.7. The first-order chi connectivity index (χ1) is 8.13. The number of amides is 1. The first-order valence-corrected chi connectivity index (χ1v) is 6.67. The summed E-state index contributed by atoms with van der Waals surface area (Å²) in [7, 11) is 0. The molecule has 0 aliphatic rings. The van der Waals surface area contributed by atoms with Crippen molar-refractivity contribution in [1.82, 2.24) is 5.32 Å². The SMILES string of the molecule is CCOC(C)CNCc1sccc1NC(C)=O. The molecule has 1 amide bonds. The zero-order valence-electron chi connectivity index (χ0n) is 10.6. The van der Waals surface area contributed by atoms with Crippen LogP contribution < -0.4 is 10.6 Å². The monoisotopic (exact) mass is 256 g/mol. The van der Waals surface area contributed by atoms with Gasteiger partial charge in [-0.25, -0.2) is 0 Å². The topological polar surface area (TPSA) is 50.4 Å². The predicted octanol–water partition coefficient (Wildman–Crippen LogP) is 2.22. The van der Waals surface area contributed by atoms with Crippen LogP contribution in [0, 0.1) is 0 Å². The van der Waals surface area contributed by atoms with Crippen molar-refractivity contribution in [1.29, 1.82) is 0 Å². The number of rotatable bonds is 7. The molecule has 1 unspecified atom stereocenters. The Morgan fingerprint density at radius 2 is 2.35 bits per heavy atom. The van der Waals surface area contributed by atoms with E-state index in [-0.39, 0.29) is 12.0 Å². The smallest absolute Gasteiger partial charge is 0.221 e. The molecule has 0 bridgehead atoms. The number of carbonyl (C=O) groups is 1. The van der Waals surface area contributed by atoms with Gasteiger partial charge < -0.3 is 15.4 Å². The number of nitrogens with one attached hydrogen (secondary N) is 2. The first kappa shape index (κ1) is 14.2. The van der Waals surface area contributed by atoms with E-state index in [4.69, 9.17) is 4.74 Å². The molecule has 1 atom stereocenters. The average molecular weight is 256 g/mol. The normalized spacial score (nSPS) is 12.4. The second kappa shape index (κ2) is 7.42. The van der Waals surface area contributed by atoms with E-state index in [1.807, 2.05) is 25.3 Å². The van der Waals surface area contributed by atoms with Crippen molar-refractivity contribution in [2.45, 2.75) is 33.4 Å². The van der Waals surface area contributed by atoms with Gasteiger partial charge in [0.25, 0.3) is 0 Å². The Kier molecular flexibility index (Phi) is 6.18. The maximum Gasteiger partial charge on any atom is 0.221 e. The summed E-state index contributed by atoms with van der Waals surface area (Å²) in [5.74, 6) is -0.0349. The molecule has 96 valence electrons. The molecule has 0 aliphatic carbocycles. The van der Waals surface area contributed by atoms with Crippen LogP contribution in [-0.2, 0) is 16.1 Å². The summed E-state index contributed by atoms with van der Waals surface area (Å²) in [4.78, 5) is 12.1. The van der Waals surface area contributed by atoms with Gasteiger partial charge in [0.1, 0.15) is 0 Å². The third kappa shape index (κ3) is 5.30.